The number of carbonyl (C=O) groups excluding carboxylic acids is 1. The molecular weight excluding hydrogens is 304 g/mol. The maximum absolute atomic E-state index is 11.0. The average molecular weight is 326 g/mol. The largest absolute Gasteiger partial charge is 0.462 e. The second-order valence-electron chi connectivity index (χ2n) is 5.66. The topological polar surface area (TPSA) is 116 Å². The third-order valence-corrected chi connectivity index (χ3v) is 3.79. The number of carbonyl (C=O) groups is 1. The van der Waals surface area contributed by atoms with E-state index < -0.39 is 37.3 Å². The molecule has 23 heavy (non-hydrogen) atoms. The van der Waals surface area contributed by atoms with Crippen LogP contribution in [0.2, 0.25) is 0 Å². The summed E-state index contributed by atoms with van der Waals surface area (Å²) in [6.45, 7) is 1.03. The molecule has 1 heterocycles. The lowest BCUT2D eigenvalue weighted by Crippen LogP contribution is -2.60. The van der Waals surface area contributed by atoms with Gasteiger partial charge in [-0.2, -0.15) is 0 Å². The molecule has 0 radical (unpaired) electrons. The van der Waals surface area contributed by atoms with E-state index in [9.17, 15) is 20.1 Å². The van der Waals surface area contributed by atoms with Gasteiger partial charge in [-0.25, -0.2) is 0 Å². The first kappa shape index (κ1) is 17.8. The predicted molar refractivity (Wildman–Crippen MR) is 79.8 cm³/mol. The zero-order valence-electron chi connectivity index (χ0n) is 12.8. The van der Waals surface area contributed by atoms with E-state index in [1.807, 2.05) is 0 Å². The van der Waals surface area contributed by atoms with Gasteiger partial charge in [-0.3, -0.25) is 0 Å². The fourth-order valence-corrected chi connectivity index (χ4v) is 2.35. The van der Waals surface area contributed by atoms with Gasteiger partial charge >= 0.3 is 0 Å². The Bertz CT molecular complexity index is 514. The maximum Gasteiger partial charge on any atom is 0.229 e. The number of ether oxygens (including phenoxy) is 2. The molecule has 2 rings (SSSR count). The van der Waals surface area contributed by atoms with E-state index in [2.05, 4.69) is 0 Å². The lowest BCUT2D eigenvalue weighted by atomic mass is 9.99. The average Bonchev–Trinajstić information content (AvgIpc) is 2.54. The maximum atomic E-state index is 11.0. The minimum absolute atomic E-state index is 0.117. The van der Waals surface area contributed by atoms with Crippen molar-refractivity contribution in [1.82, 2.24) is 0 Å². The van der Waals surface area contributed by atoms with Crippen LogP contribution in [0.1, 0.15) is 18.9 Å². The van der Waals surface area contributed by atoms with Crippen LogP contribution >= 0.6 is 0 Å². The molecule has 1 saturated heterocycles. The molecule has 1 aliphatic heterocycles. The van der Waals surface area contributed by atoms with E-state index >= 15 is 0 Å². The SMILES string of the molecule is CC(=O)CCc1ccc(O[C@H]2O[C@@H](CO)[C@H](O)[C@@H](O)[C@@H]2O)cc1. The number of ketones is 1. The van der Waals surface area contributed by atoms with Gasteiger partial charge in [-0.05, 0) is 31.0 Å². The predicted octanol–water partition coefficient (Wildman–Crippen LogP) is -0.613. The molecule has 1 aromatic rings. The second-order valence-corrected chi connectivity index (χ2v) is 5.66. The molecule has 1 aromatic carbocycles. The van der Waals surface area contributed by atoms with Gasteiger partial charge in [0, 0.05) is 6.42 Å². The van der Waals surface area contributed by atoms with Crippen molar-refractivity contribution in [2.75, 3.05) is 6.61 Å². The molecule has 7 heteroatoms. The Morgan fingerprint density at radius 3 is 2.35 bits per heavy atom. The smallest absolute Gasteiger partial charge is 0.229 e. The number of aliphatic hydroxyl groups excluding tert-OH is 4. The number of benzene rings is 1. The van der Waals surface area contributed by atoms with E-state index in [4.69, 9.17) is 14.6 Å². The fraction of sp³-hybridized carbons (Fsp3) is 0.562. The van der Waals surface area contributed by atoms with Gasteiger partial charge in [-0.15, -0.1) is 0 Å². The molecule has 7 nitrogen and oxygen atoms in total. The van der Waals surface area contributed by atoms with Crippen LogP contribution in [-0.2, 0) is 16.0 Å². The lowest BCUT2D eigenvalue weighted by Gasteiger charge is -2.39. The van der Waals surface area contributed by atoms with Crippen LogP contribution in [-0.4, -0.2) is 63.5 Å². The van der Waals surface area contributed by atoms with Crippen molar-refractivity contribution in [2.24, 2.45) is 0 Å². The van der Waals surface area contributed by atoms with E-state index in [1.54, 1.807) is 24.3 Å². The minimum Gasteiger partial charge on any atom is -0.462 e. The van der Waals surface area contributed by atoms with Gasteiger partial charge in [0.1, 0.15) is 35.9 Å². The molecule has 0 saturated carbocycles. The third-order valence-electron chi connectivity index (χ3n) is 3.79. The quantitative estimate of drug-likeness (QED) is 0.551. The van der Waals surface area contributed by atoms with E-state index in [-0.39, 0.29) is 5.78 Å². The fourth-order valence-electron chi connectivity index (χ4n) is 2.35. The first-order valence-electron chi connectivity index (χ1n) is 7.48. The summed E-state index contributed by atoms with van der Waals surface area (Å²) < 4.78 is 10.7. The molecule has 0 amide bonds. The Morgan fingerprint density at radius 2 is 1.78 bits per heavy atom. The van der Waals surface area contributed by atoms with Crippen molar-refractivity contribution in [3.05, 3.63) is 29.8 Å². The second kappa shape index (κ2) is 7.85. The van der Waals surface area contributed by atoms with E-state index in [1.165, 1.54) is 6.92 Å². The Morgan fingerprint density at radius 1 is 1.13 bits per heavy atom. The lowest BCUT2D eigenvalue weighted by molar-refractivity contribution is -0.277. The van der Waals surface area contributed by atoms with Crippen LogP contribution in [0.4, 0.5) is 0 Å². The molecule has 1 fully saturated rings. The zero-order chi connectivity index (χ0) is 17.0. The highest BCUT2D eigenvalue weighted by Gasteiger charge is 2.44. The Kier molecular flexibility index (Phi) is 6.09. The highest BCUT2D eigenvalue weighted by molar-refractivity contribution is 5.75. The van der Waals surface area contributed by atoms with Gasteiger partial charge in [0.15, 0.2) is 0 Å². The summed E-state index contributed by atoms with van der Waals surface area (Å²) in [7, 11) is 0. The summed E-state index contributed by atoms with van der Waals surface area (Å²) in [4.78, 5) is 11.0. The zero-order valence-corrected chi connectivity index (χ0v) is 12.8. The summed E-state index contributed by atoms with van der Waals surface area (Å²) in [6, 6.07) is 6.92. The molecule has 4 N–H and O–H groups in total. The number of aliphatic hydroxyl groups is 4. The summed E-state index contributed by atoms with van der Waals surface area (Å²) >= 11 is 0. The molecule has 128 valence electrons. The summed E-state index contributed by atoms with van der Waals surface area (Å²) in [6.07, 6.45) is -5.43. The molecule has 1 aliphatic rings. The summed E-state index contributed by atoms with van der Waals surface area (Å²) in [5.74, 6) is 0.521. The Hall–Kier alpha value is -1.51. The van der Waals surface area contributed by atoms with Crippen LogP contribution in [0.25, 0.3) is 0 Å². The van der Waals surface area contributed by atoms with Crippen LogP contribution in [0, 0.1) is 0 Å². The monoisotopic (exact) mass is 326 g/mol. The Labute approximate surface area is 134 Å². The van der Waals surface area contributed by atoms with Gasteiger partial charge in [0.25, 0.3) is 0 Å². The minimum atomic E-state index is -1.47. The van der Waals surface area contributed by atoms with Crippen LogP contribution in [0.5, 0.6) is 5.75 Å². The number of hydrogen-bond acceptors (Lipinski definition) is 7. The van der Waals surface area contributed by atoms with Crippen molar-refractivity contribution < 1.29 is 34.7 Å². The molecular formula is C16H22O7. The normalized spacial score (nSPS) is 30.9. The van der Waals surface area contributed by atoms with Gasteiger partial charge in [0.2, 0.25) is 6.29 Å². The molecule has 5 atom stereocenters. The van der Waals surface area contributed by atoms with Gasteiger partial charge < -0.3 is 34.7 Å². The highest BCUT2D eigenvalue weighted by atomic mass is 16.7. The molecule has 0 aromatic heterocycles. The number of rotatable bonds is 6. The van der Waals surface area contributed by atoms with Crippen molar-refractivity contribution in [3.63, 3.8) is 0 Å². The molecule has 0 aliphatic carbocycles. The van der Waals surface area contributed by atoms with E-state index in [0.29, 0.717) is 18.6 Å². The van der Waals surface area contributed by atoms with Gasteiger partial charge in [0.05, 0.1) is 6.61 Å². The first-order valence-corrected chi connectivity index (χ1v) is 7.48. The van der Waals surface area contributed by atoms with Crippen molar-refractivity contribution in [3.8, 4) is 5.75 Å². The molecule has 0 spiro atoms. The number of hydrogen-bond donors (Lipinski definition) is 4. The van der Waals surface area contributed by atoms with Gasteiger partial charge in [-0.1, -0.05) is 12.1 Å². The molecule has 0 unspecified atom stereocenters. The van der Waals surface area contributed by atoms with Crippen molar-refractivity contribution in [2.45, 2.75) is 50.5 Å². The van der Waals surface area contributed by atoms with Crippen LogP contribution in [0.3, 0.4) is 0 Å². The molecule has 0 bridgehead atoms. The van der Waals surface area contributed by atoms with E-state index in [0.717, 1.165) is 5.56 Å². The number of Topliss-reactive ketones (excluding diaryl/α,β-unsaturated/α-hetero) is 1. The van der Waals surface area contributed by atoms with Crippen LogP contribution < -0.4 is 4.74 Å². The summed E-state index contributed by atoms with van der Waals surface area (Å²) in [5, 5.41) is 38.4. The number of aryl methyl sites for hydroxylation is 1. The van der Waals surface area contributed by atoms with Crippen molar-refractivity contribution in [1.29, 1.82) is 0 Å². The summed E-state index contributed by atoms with van der Waals surface area (Å²) in [5.41, 5.74) is 0.973. The Balaban J connectivity index is 1.99. The van der Waals surface area contributed by atoms with Crippen molar-refractivity contribution >= 4 is 5.78 Å². The standard InChI is InChI=1S/C16H22O7/c1-9(18)2-3-10-4-6-11(7-5-10)22-16-15(21)14(20)13(19)12(8-17)23-16/h4-7,12-17,19-21H,2-3,8H2,1H3/t12-,13-,14+,15-,16-/m0/s1. The first-order chi connectivity index (χ1) is 10.9. The van der Waals surface area contributed by atoms with Crippen LogP contribution in [0.15, 0.2) is 24.3 Å². The highest BCUT2D eigenvalue weighted by Crippen LogP contribution is 2.24. The third kappa shape index (κ3) is 4.49.